The van der Waals surface area contributed by atoms with Gasteiger partial charge in [-0.3, -0.25) is 0 Å². The molecule has 0 spiro atoms. The molecule has 1 aromatic carbocycles. The predicted molar refractivity (Wildman–Crippen MR) is 73.9 cm³/mol. The van der Waals surface area contributed by atoms with E-state index < -0.39 is 10.0 Å². The summed E-state index contributed by atoms with van der Waals surface area (Å²) in [7, 11) is -3.47. The van der Waals surface area contributed by atoms with E-state index in [0.717, 1.165) is 10.4 Å². The Bertz CT molecular complexity index is 634. The molecule has 0 amide bonds. The van der Waals surface area contributed by atoms with E-state index >= 15 is 0 Å². The summed E-state index contributed by atoms with van der Waals surface area (Å²) < 4.78 is 26.7. The molecule has 4 nitrogen and oxygen atoms in total. The van der Waals surface area contributed by atoms with Gasteiger partial charge < -0.3 is 5.73 Å². The average molecular weight is 282 g/mol. The maximum atomic E-state index is 12.0. The van der Waals surface area contributed by atoms with Crippen molar-refractivity contribution >= 4 is 27.0 Å². The number of rotatable bonds is 4. The Morgan fingerprint density at radius 1 is 1.33 bits per heavy atom. The molecule has 0 unspecified atom stereocenters. The van der Waals surface area contributed by atoms with Crippen molar-refractivity contribution < 1.29 is 8.42 Å². The standard InChI is InChI=1S/C12H14N2O2S2/c1-9-7-11(4-5-12(9)13)18(15,16)14-8-10-3-2-6-17-10/h2-7,14H,8,13H2,1H3. The molecule has 2 aromatic rings. The highest BCUT2D eigenvalue weighted by Crippen LogP contribution is 2.17. The van der Waals surface area contributed by atoms with Gasteiger partial charge in [-0.15, -0.1) is 11.3 Å². The Morgan fingerprint density at radius 2 is 2.11 bits per heavy atom. The Hall–Kier alpha value is -1.37. The molecule has 96 valence electrons. The minimum Gasteiger partial charge on any atom is -0.399 e. The summed E-state index contributed by atoms with van der Waals surface area (Å²) in [5.74, 6) is 0. The lowest BCUT2D eigenvalue weighted by Gasteiger charge is -2.07. The van der Waals surface area contributed by atoms with Crippen LogP contribution < -0.4 is 10.5 Å². The summed E-state index contributed by atoms with van der Waals surface area (Å²) in [4.78, 5) is 1.22. The smallest absolute Gasteiger partial charge is 0.240 e. The van der Waals surface area contributed by atoms with E-state index in [0.29, 0.717) is 12.2 Å². The molecule has 0 saturated carbocycles. The molecule has 0 radical (unpaired) electrons. The van der Waals surface area contributed by atoms with Gasteiger partial charge in [-0.05, 0) is 42.1 Å². The lowest BCUT2D eigenvalue weighted by molar-refractivity contribution is 0.582. The fourth-order valence-corrected chi connectivity index (χ4v) is 3.31. The number of thiophene rings is 1. The van der Waals surface area contributed by atoms with Crippen LogP contribution in [-0.2, 0) is 16.6 Å². The monoisotopic (exact) mass is 282 g/mol. The SMILES string of the molecule is Cc1cc(S(=O)(=O)NCc2cccs2)ccc1N. The topological polar surface area (TPSA) is 72.2 Å². The number of hydrogen-bond acceptors (Lipinski definition) is 4. The lowest BCUT2D eigenvalue weighted by Crippen LogP contribution is -2.22. The van der Waals surface area contributed by atoms with Crippen LogP contribution in [0, 0.1) is 6.92 Å². The van der Waals surface area contributed by atoms with Crippen molar-refractivity contribution in [3.63, 3.8) is 0 Å². The van der Waals surface area contributed by atoms with Gasteiger partial charge in [0, 0.05) is 17.1 Å². The van der Waals surface area contributed by atoms with Crippen molar-refractivity contribution in [3.05, 3.63) is 46.2 Å². The highest BCUT2D eigenvalue weighted by molar-refractivity contribution is 7.89. The van der Waals surface area contributed by atoms with Crippen molar-refractivity contribution in [2.75, 3.05) is 5.73 Å². The van der Waals surface area contributed by atoms with Crippen LogP contribution in [0.1, 0.15) is 10.4 Å². The molecule has 0 fully saturated rings. The van der Waals surface area contributed by atoms with E-state index in [2.05, 4.69) is 4.72 Å². The van der Waals surface area contributed by atoms with Gasteiger partial charge in [0.15, 0.2) is 0 Å². The maximum absolute atomic E-state index is 12.0. The average Bonchev–Trinajstić information content (AvgIpc) is 2.83. The zero-order valence-corrected chi connectivity index (χ0v) is 11.5. The van der Waals surface area contributed by atoms with Gasteiger partial charge in [-0.2, -0.15) is 0 Å². The van der Waals surface area contributed by atoms with Gasteiger partial charge in [0.05, 0.1) is 4.90 Å². The first kappa shape index (κ1) is 13.1. The van der Waals surface area contributed by atoms with Gasteiger partial charge in [-0.1, -0.05) is 6.07 Å². The van der Waals surface area contributed by atoms with Gasteiger partial charge in [-0.25, -0.2) is 13.1 Å². The fourth-order valence-electron chi connectivity index (χ4n) is 1.48. The maximum Gasteiger partial charge on any atom is 0.240 e. The number of aryl methyl sites for hydroxylation is 1. The minimum absolute atomic E-state index is 0.241. The zero-order valence-electron chi connectivity index (χ0n) is 9.88. The molecule has 0 aliphatic heterocycles. The van der Waals surface area contributed by atoms with Crippen LogP contribution in [-0.4, -0.2) is 8.42 Å². The molecule has 1 heterocycles. The van der Waals surface area contributed by atoms with Gasteiger partial charge in [0.2, 0.25) is 10.0 Å². The number of hydrogen-bond donors (Lipinski definition) is 2. The Kier molecular flexibility index (Phi) is 3.70. The van der Waals surface area contributed by atoms with Crippen molar-refractivity contribution in [1.82, 2.24) is 4.72 Å². The fraction of sp³-hybridized carbons (Fsp3) is 0.167. The van der Waals surface area contributed by atoms with E-state index in [1.54, 1.807) is 19.1 Å². The third-order valence-electron chi connectivity index (χ3n) is 2.57. The second-order valence-corrected chi connectivity index (χ2v) is 6.72. The summed E-state index contributed by atoms with van der Waals surface area (Å²) in [5, 5.41) is 1.91. The van der Waals surface area contributed by atoms with Crippen LogP contribution >= 0.6 is 11.3 Å². The molecule has 0 aliphatic rings. The Morgan fingerprint density at radius 3 is 2.72 bits per heavy atom. The third kappa shape index (κ3) is 2.90. The van der Waals surface area contributed by atoms with Crippen LogP contribution in [0.4, 0.5) is 5.69 Å². The summed E-state index contributed by atoms with van der Waals surface area (Å²) in [6.07, 6.45) is 0. The van der Waals surface area contributed by atoms with Crippen LogP contribution in [0.2, 0.25) is 0 Å². The highest BCUT2D eigenvalue weighted by Gasteiger charge is 2.14. The molecule has 0 atom stereocenters. The van der Waals surface area contributed by atoms with E-state index in [-0.39, 0.29) is 4.90 Å². The minimum atomic E-state index is -3.47. The molecule has 0 aliphatic carbocycles. The molecule has 0 saturated heterocycles. The number of nitrogen functional groups attached to an aromatic ring is 1. The van der Waals surface area contributed by atoms with E-state index in [1.807, 2.05) is 17.5 Å². The van der Waals surface area contributed by atoms with Gasteiger partial charge in [0.25, 0.3) is 0 Å². The van der Waals surface area contributed by atoms with Gasteiger partial charge in [0.1, 0.15) is 0 Å². The molecular formula is C12H14N2O2S2. The normalized spacial score (nSPS) is 11.6. The number of nitrogens with one attached hydrogen (secondary N) is 1. The zero-order chi connectivity index (χ0) is 13.2. The molecular weight excluding hydrogens is 268 g/mol. The first-order valence-electron chi connectivity index (χ1n) is 5.37. The Labute approximate surface area is 111 Å². The highest BCUT2D eigenvalue weighted by atomic mass is 32.2. The Balaban J connectivity index is 2.17. The summed E-state index contributed by atoms with van der Waals surface area (Å²) in [5.41, 5.74) is 7.02. The van der Waals surface area contributed by atoms with Crippen molar-refractivity contribution in [2.45, 2.75) is 18.4 Å². The van der Waals surface area contributed by atoms with E-state index in [4.69, 9.17) is 5.73 Å². The van der Waals surface area contributed by atoms with Crippen molar-refractivity contribution in [1.29, 1.82) is 0 Å². The number of sulfonamides is 1. The molecule has 3 N–H and O–H groups in total. The molecule has 1 aromatic heterocycles. The number of nitrogens with two attached hydrogens (primary N) is 1. The van der Waals surface area contributed by atoms with E-state index in [9.17, 15) is 8.42 Å². The second kappa shape index (κ2) is 5.09. The van der Waals surface area contributed by atoms with Crippen LogP contribution in [0.3, 0.4) is 0 Å². The number of anilines is 1. The first-order chi connectivity index (χ1) is 8.49. The molecule has 0 bridgehead atoms. The van der Waals surface area contributed by atoms with Crippen LogP contribution in [0.25, 0.3) is 0 Å². The molecule has 2 rings (SSSR count). The predicted octanol–water partition coefficient (Wildman–Crippen LogP) is 2.12. The lowest BCUT2D eigenvalue weighted by atomic mass is 10.2. The first-order valence-corrected chi connectivity index (χ1v) is 7.73. The molecule has 6 heteroatoms. The van der Waals surface area contributed by atoms with Crippen molar-refractivity contribution in [2.24, 2.45) is 0 Å². The largest absolute Gasteiger partial charge is 0.399 e. The third-order valence-corrected chi connectivity index (χ3v) is 4.84. The molecule has 18 heavy (non-hydrogen) atoms. The number of benzene rings is 1. The van der Waals surface area contributed by atoms with Crippen molar-refractivity contribution in [3.8, 4) is 0 Å². The van der Waals surface area contributed by atoms with E-state index in [1.165, 1.54) is 17.4 Å². The summed E-state index contributed by atoms with van der Waals surface area (Å²) >= 11 is 1.52. The summed E-state index contributed by atoms with van der Waals surface area (Å²) in [6.45, 7) is 2.09. The summed E-state index contributed by atoms with van der Waals surface area (Å²) in [6, 6.07) is 8.48. The van der Waals surface area contributed by atoms with Crippen LogP contribution in [0.5, 0.6) is 0 Å². The quantitative estimate of drug-likeness (QED) is 0.844. The second-order valence-electron chi connectivity index (χ2n) is 3.92. The van der Waals surface area contributed by atoms with Gasteiger partial charge >= 0.3 is 0 Å². The van der Waals surface area contributed by atoms with Crippen LogP contribution in [0.15, 0.2) is 40.6 Å².